The molecule has 1 aliphatic rings. The van der Waals surface area contributed by atoms with Gasteiger partial charge in [0.2, 0.25) is 5.91 Å². The van der Waals surface area contributed by atoms with E-state index in [9.17, 15) is 14.0 Å². The lowest BCUT2D eigenvalue weighted by Gasteiger charge is -2.32. The van der Waals surface area contributed by atoms with E-state index >= 15 is 0 Å². The lowest BCUT2D eigenvalue weighted by molar-refractivity contribution is -0.121. The van der Waals surface area contributed by atoms with Crippen LogP contribution in [0.1, 0.15) is 29.6 Å². The second kappa shape index (κ2) is 8.89. The highest BCUT2D eigenvalue weighted by molar-refractivity contribution is 7.99. The Kier molecular flexibility index (Phi) is 6.33. The topological polar surface area (TPSA) is 62.6 Å². The third-order valence-electron chi connectivity index (χ3n) is 4.33. The Balaban J connectivity index is 1.35. The first-order chi connectivity index (χ1) is 12.6. The van der Waals surface area contributed by atoms with Crippen LogP contribution in [-0.4, -0.2) is 41.6 Å². The maximum Gasteiger partial charge on any atom is 0.257 e. The predicted molar refractivity (Wildman–Crippen MR) is 97.5 cm³/mol. The maximum atomic E-state index is 12.9. The lowest BCUT2D eigenvalue weighted by Crippen LogP contribution is -2.46. The number of likely N-dealkylation sites (tertiary alicyclic amines) is 1. The van der Waals surface area contributed by atoms with Gasteiger partial charge in [-0.1, -0.05) is 0 Å². The largest absolute Gasteiger partial charge is 0.472 e. The smallest absolute Gasteiger partial charge is 0.257 e. The van der Waals surface area contributed by atoms with E-state index in [2.05, 4.69) is 5.32 Å². The molecule has 5 nitrogen and oxygen atoms in total. The van der Waals surface area contributed by atoms with Gasteiger partial charge in [-0.2, -0.15) is 0 Å². The first-order valence-electron chi connectivity index (χ1n) is 8.61. The fourth-order valence-electron chi connectivity index (χ4n) is 2.89. The van der Waals surface area contributed by atoms with Gasteiger partial charge in [-0.05, 0) is 43.2 Å². The number of nitrogens with one attached hydrogen (secondary N) is 1. The molecule has 0 bridgehead atoms. The number of hydrogen-bond donors (Lipinski definition) is 1. The number of nitrogens with zero attached hydrogens (tertiary/aromatic N) is 1. The summed E-state index contributed by atoms with van der Waals surface area (Å²) >= 11 is 1.53. The Hall–Kier alpha value is -2.28. The summed E-state index contributed by atoms with van der Waals surface area (Å²) in [7, 11) is 0. The minimum atomic E-state index is -0.260. The van der Waals surface area contributed by atoms with Crippen molar-refractivity contribution in [3.8, 4) is 0 Å². The zero-order chi connectivity index (χ0) is 18.4. The van der Waals surface area contributed by atoms with Gasteiger partial charge in [0.25, 0.3) is 5.91 Å². The highest BCUT2D eigenvalue weighted by atomic mass is 32.2. The third-order valence-corrected chi connectivity index (χ3v) is 5.34. The van der Waals surface area contributed by atoms with Gasteiger partial charge in [0.05, 0.1) is 11.8 Å². The molecule has 0 spiro atoms. The fraction of sp³-hybridized carbons (Fsp3) is 0.368. The number of halogens is 1. The van der Waals surface area contributed by atoms with Gasteiger partial charge in [-0.15, -0.1) is 11.8 Å². The van der Waals surface area contributed by atoms with Gasteiger partial charge < -0.3 is 14.6 Å². The van der Waals surface area contributed by atoms with Crippen LogP contribution in [0.15, 0.2) is 52.2 Å². The number of thioether (sulfide) groups is 1. The number of furan rings is 1. The second-order valence-corrected chi connectivity index (χ2v) is 7.37. The van der Waals surface area contributed by atoms with E-state index in [0.717, 1.165) is 17.7 Å². The van der Waals surface area contributed by atoms with Gasteiger partial charge in [0.1, 0.15) is 12.1 Å². The summed E-state index contributed by atoms with van der Waals surface area (Å²) in [5.74, 6) is 0.373. The van der Waals surface area contributed by atoms with E-state index in [0.29, 0.717) is 30.8 Å². The molecule has 2 heterocycles. The average Bonchev–Trinajstić information content (AvgIpc) is 3.18. The first-order valence-corrected chi connectivity index (χ1v) is 9.59. The Bertz CT molecular complexity index is 726. The van der Waals surface area contributed by atoms with Crippen molar-refractivity contribution in [3.05, 3.63) is 54.2 Å². The van der Waals surface area contributed by atoms with Crippen LogP contribution < -0.4 is 5.32 Å². The van der Waals surface area contributed by atoms with Crippen LogP contribution in [0.4, 0.5) is 4.39 Å². The molecule has 0 unspecified atom stereocenters. The zero-order valence-corrected chi connectivity index (χ0v) is 15.1. The molecule has 0 saturated carbocycles. The molecule has 0 aliphatic carbocycles. The minimum absolute atomic E-state index is 0.0132. The maximum absolute atomic E-state index is 12.9. The molecule has 3 rings (SSSR count). The van der Waals surface area contributed by atoms with Crippen LogP contribution in [0.3, 0.4) is 0 Å². The molecule has 1 N–H and O–H groups in total. The van der Waals surface area contributed by atoms with Crippen molar-refractivity contribution in [3.63, 3.8) is 0 Å². The number of rotatable bonds is 6. The Morgan fingerprint density at radius 3 is 2.58 bits per heavy atom. The van der Waals surface area contributed by atoms with E-state index in [1.165, 1.54) is 36.4 Å². The Morgan fingerprint density at radius 2 is 1.92 bits per heavy atom. The molecule has 138 valence electrons. The summed E-state index contributed by atoms with van der Waals surface area (Å²) in [6.45, 7) is 1.25. The van der Waals surface area contributed by atoms with Crippen molar-refractivity contribution < 1.29 is 18.4 Å². The lowest BCUT2D eigenvalue weighted by atomic mass is 10.0. The molecular weight excluding hydrogens is 355 g/mol. The Labute approximate surface area is 155 Å². The van der Waals surface area contributed by atoms with E-state index < -0.39 is 0 Å². The zero-order valence-electron chi connectivity index (χ0n) is 14.3. The van der Waals surface area contributed by atoms with Crippen molar-refractivity contribution in [2.75, 3.05) is 18.8 Å². The molecule has 1 aromatic heterocycles. The summed E-state index contributed by atoms with van der Waals surface area (Å²) in [5.41, 5.74) is 0.560. The number of hydrogen-bond acceptors (Lipinski definition) is 4. The van der Waals surface area contributed by atoms with Crippen LogP contribution in [-0.2, 0) is 4.79 Å². The van der Waals surface area contributed by atoms with Gasteiger partial charge >= 0.3 is 0 Å². The fourth-order valence-corrected chi connectivity index (χ4v) is 3.74. The van der Waals surface area contributed by atoms with E-state index in [1.54, 1.807) is 23.1 Å². The van der Waals surface area contributed by atoms with Crippen LogP contribution in [0.5, 0.6) is 0 Å². The molecular formula is C19H21FN2O3S. The van der Waals surface area contributed by atoms with Gasteiger partial charge in [-0.3, -0.25) is 9.59 Å². The number of carbonyl (C=O) groups excluding carboxylic acids is 2. The molecule has 1 saturated heterocycles. The highest BCUT2D eigenvalue weighted by Gasteiger charge is 2.24. The second-order valence-electron chi connectivity index (χ2n) is 6.20. The number of piperidine rings is 1. The summed E-state index contributed by atoms with van der Waals surface area (Å²) in [5, 5.41) is 3.04. The first kappa shape index (κ1) is 18.5. The molecule has 2 aromatic rings. The van der Waals surface area contributed by atoms with E-state index in [4.69, 9.17) is 4.42 Å². The molecule has 2 amide bonds. The summed E-state index contributed by atoms with van der Waals surface area (Å²) in [6, 6.07) is 8.03. The van der Waals surface area contributed by atoms with Crippen molar-refractivity contribution in [2.24, 2.45) is 0 Å². The SMILES string of the molecule is O=C(CCSc1ccc(F)cc1)NC1CCN(C(=O)c2ccoc2)CC1. The van der Waals surface area contributed by atoms with Crippen molar-refractivity contribution in [2.45, 2.75) is 30.2 Å². The molecule has 0 atom stereocenters. The van der Waals surface area contributed by atoms with Crippen molar-refractivity contribution in [1.82, 2.24) is 10.2 Å². The quantitative estimate of drug-likeness (QED) is 0.786. The molecule has 0 radical (unpaired) electrons. The molecule has 26 heavy (non-hydrogen) atoms. The molecule has 7 heteroatoms. The monoisotopic (exact) mass is 376 g/mol. The van der Waals surface area contributed by atoms with Crippen molar-refractivity contribution >= 4 is 23.6 Å². The van der Waals surface area contributed by atoms with Crippen LogP contribution >= 0.6 is 11.8 Å². The number of benzene rings is 1. The van der Waals surface area contributed by atoms with Crippen molar-refractivity contribution in [1.29, 1.82) is 0 Å². The van der Waals surface area contributed by atoms with Crippen LogP contribution in [0.2, 0.25) is 0 Å². The minimum Gasteiger partial charge on any atom is -0.472 e. The van der Waals surface area contributed by atoms with Crippen LogP contribution in [0.25, 0.3) is 0 Å². The Morgan fingerprint density at radius 1 is 1.19 bits per heavy atom. The van der Waals surface area contributed by atoms with E-state index in [1.807, 2.05) is 0 Å². The third kappa shape index (κ3) is 5.11. The standard InChI is InChI=1S/C19H21FN2O3S/c20-15-1-3-17(4-2-15)26-12-8-18(23)21-16-5-9-22(10-6-16)19(24)14-7-11-25-13-14/h1-4,7,11,13,16H,5-6,8-10,12H2,(H,21,23). The molecule has 1 aromatic carbocycles. The summed E-state index contributed by atoms with van der Waals surface area (Å²) < 4.78 is 17.8. The van der Waals surface area contributed by atoms with Crippen LogP contribution in [0, 0.1) is 5.82 Å². The van der Waals surface area contributed by atoms with E-state index in [-0.39, 0.29) is 23.7 Å². The predicted octanol–water partition coefficient (Wildman–Crippen LogP) is 3.32. The number of amides is 2. The normalized spacial score (nSPS) is 15.0. The summed E-state index contributed by atoms with van der Waals surface area (Å²) in [4.78, 5) is 27.1. The molecule has 1 aliphatic heterocycles. The summed E-state index contributed by atoms with van der Waals surface area (Å²) in [6.07, 6.45) is 4.86. The van der Waals surface area contributed by atoms with Gasteiger partial charge in [-0.25, -0.2) is 4.39 Å². The molecule has 1 fully saturated rings. The van der Waals surface area contributed by atoms with Gasteiger partial charge in [0.15, 0.2) is 0 Å². The highest BCUT2D eigenvalue weighted by Crippen LogP contribution is 2.19. The average molecular weight is 376 g/mol. The number of carbonyl (C=O) groups is 2. The van der Waals surface area contributed by atoms with Gasteiger partial charge in [0, 0.05) is 36.2 Å².